The maximum absolute atomic E-state index is 8.65. The molecule has 0 aromatic heterocycles. The molecule has 1 aliphatic rings. The van der Waals surface area contributed by atoms with Gasteiger partial charge in [-0.2, -0.15) is 0 Å². The van der Waals surface area contributed by atoms with Gasteiger partial charge in [-0.25, -0.2) is 0 Å². The molecule has 0 aliphatic heterocycles. The fourth-order valence-corrected chi connectivity index (χ4v) is 1.37. The molecule has 0 saturated heterocycles. The molecule has 3 heteroatoms. The van der Waals surface area contributed by atoms with Crippen molar-refractivity contribution in [2.45, 2.75) is 26.3 Å². The molecule has 0 aromatic carbocycles. The highest BCUT2D eigenvalue weighted by Gasteiger charge is 2.48. The molecule has 2 nitrogen and oxygen atoms in total. The molecule has 0 aromatic rings. The van der Waals surface area contributed by atoms with Crippen LogP contribution in [0.3, 0.4) is 0 Å². The summed E-state index contributed by atoms with van der Waals surface area (Å²) in [5.74, 6) is 0.558. The van der Waals surface area contributed by atoms with E-state index >= 15 is 0 Å². The highest BCUT2D eigenvalue weighted by atomic mass is 35.5. The Labute approximate surface area is 68.2 Å². The molecule has 0 bridgehead atoms. The van der Waals surface area contributed by atoms with Crippen LogP contribution in [0.15, 0.2) is 0 Å². The predicted molar refractivity (Wildman–Crippen MR) is 44.2 cm³/mol. The van der Waals surface area contributed by atoms with Crippen LogP contribution in [0.1, 0.15) is 20.3 Å². The summed E-state index contributed by atoms with van der Waals surface area (Å²) in [7, 11) is 0. The quantitative estimate of drug-likeness (QED) is 0.635. The summed E-state index contributed by atoms with van der Waals surface area (Å²) in [5.41, 5.74) is 6.01. The van der Waals surface area contributed by atoms with Crippen LogP contribution in [0.5, 0.6) is 0 Å². The van der Waals surface area contributed by atoms with Gasteiger partial charge >= 0.3 is 0 Å². The zero-order chi connectivity index (χ0) is 7.07. The first-order valence-electron chi connectivity index (χ1n) is 3.44. The van der Waals surface area contributed by atoms with Crippen molar-refractivity contribution in [3.05, 3.63) is 0 Å². The van der Waals surface area contributed by atoms with Gasteiger partial charge in [0.25, 0.3) is 0 Å². The molecule has 2 unspecified atom stereocenters. The standard InChI is InChI=1S/C7H15NO.ClH/c1-7(2)3-5(7)6(8)4-9;/h5-6,9H,3-4,8H2,1-2H3;1H. The smallest absolute Gasteiger partial charge is 0.0585 e. The third-order valence-corrected chi connectivity index (χ3v) is 2.32. The Bertz CT molecular complexity index is 116. The van der Waals surface area contributed by atoms with Gasteiger partial charge < -0.3 is 10.8 Å². The maximum Gasteiger partial charge on any atom is 0.0585 e. The minimum Gasteiger partial charge on any atom is -0.395 e. The summed E-state index contributed by atoms with van der Waals surface area (Å²) < 4.78 is 0. The monoisotopic (exact) mass is 165 g/mol. The molecule has 1 aliphatic carbocycles. The van der Waals surface area contributed by atoms with E-state index in [0.717, 1.165) is 0 Å². The van der Waals surface area contributed by atoms with E-state index in [9.17, 15) is 0 Å². The molecule has 1 fully saturated rings. The second kappa shape index (κ2) is 3.07. The van der Waals surface area contributed by atoms with Crippen LogP contribution in [0.2, 0.25) is 0 Å². The fraction of sp³-hybridized carbons (Fsp3) is 1.00. The second-order valence-corrected chi connectivity index (χ2v) is 3.65. The molecule has 1 saturated carbocycles. The van der Waals surface area contributed by atoms with Crippen LogP contribution in [-0.4, -0.2) is 17.8 Å². The largest absolute Gasteiger partial charge is 0.395 e. The molecule has 62 valence electrons. The van der Waals surface area contributed by atoms with Crippen molar-refractivity contribution in [3.63, 3.8) is 0 Å². The Morgan fingerprint density at radius 1 is 1.70 bits per heavy atom. The Morgan fingerprint density at radius 2 is 2.10 bits per heavy atom. The normalized spacial score (nSPS) is 30.6. The van der Waals surface area contributed by atoms with E-state index in [2.05, 4.69) is 13.8 Å². The van der Waals surface area contributed by atoms with E-state index in [1.54, 1.807) is 0 Å². The Hall–Kier alpha value is 0.210. The molecule has 3 N–H and O–H groups in total. The van der Waals surface area contributed by atoms with Crippen molar-refractivity contribution < 1.29 is 5.11 Å². The summed E-state index contributed by atoms with van der Waals surface area (Å²) >= 11 is 0. The SMILES string of the molecule is CC1(C)CC1C(N)CO.Cl. The van der Waals surface area contributed by atoms with E-state index < -0.39 is 0 Å². The minimum atomic E-state index is 0. The first kappa shape index (κ1) is 10.2. The topological polar surface area (TPSA) is 46.2 Å². The second-order valence-electron chi connectivity index (χ2n) is 3.65. The predicted octanol–water partition coefficient (Wildman–Crippen LogP) is 0.774. The van der Waals surface area contributed by atoms with E-state index in [1.165, 1.54) is 6.42 Å². The van der Waals surface area contributed by atoms with Gasteiger partial charge in [0.1, 0.15) is 0 Å². The zero-order valence-corrected chi connectivity index (χ0v) is 7.32. The number of aliphatic hydroxyl groups is 1. The molecular formula is C7H16ClNO. The van der Waals surface area contributed by atoms with Gasteiger partial charge in [0.05, 0.1) is 6.61 Å². The maximum atomic E-state index is 8.65. The van der Waals surface area contributed by atoms with Crippen LogP contribution >= 0.6 is 12.4 Å². The van der Waals surface area contributed by atoms with Crippen molar-refractivity contribution in [1.82, 2.24) is 0 Å². The van der Waals surface area contributed by atoms with E-state index in [-0.39, 0.29) is 25.1 Å². The van der Waals surface area contributed by atoms with Crippen LogP contribution < -0.4 is 5.73 Å². The summed E-state index contributed by atoms with van der Waals surface area (Å²) in [4.78, 5) is 0. The van der Waals surface area contributed by atoms with Crippen LogP contribution in [0.4, 0.5) is 0 Å². The Morgan fingerprint density at radius 3 is 2.20 bits per heavy atom. The zero-order valence-electron chi connectivity index (χ0n) is 6.50. The first-order chi connectivity index (χ1) is 4.08. The lowest BCUT2D eigenvalue weighted by molar-refractivity contribution is 0.244. The molecule has 10 heavy (non-hydrogen) atoms. The molecule has 0 heterocycles. The summed E-state index contributed by atoms with van der Waals surface area (Å²) in [6.07, 6.45) is 1.18. The van der Waals surface area contributed by atoms with E-state index in [1.807, 2.05) is 0 Å². The van der Waals surface area contributed by atoms with Gasteiger partial charge in [0, 0.05) is 6.04 Å². The lowest BCUT2D eigenvalue weighted by atomic mass is 10.1. The van der Waals surface area contributed by atoms with Gasteiger partial charge in [-0.1, -0.05) is 13.8 Å². The number of hydrogen-bond acceptors (Lipinski definition) is 2. The van der Waals surface area contributed by atoms with Gasteiger partial charge in [-0.3, -0.25) is 0 Å². The van der Waals surface area contributed by atoms with Crippen molar-refractivity contribution in [2.24, 2.45) is 17.1 Å². The molecule has 0 amide bonds. The summed E-state index contributed by atoms with van der Waals surface area (Å²) in [5, 5.41) is 8.65. The Kier molecular flexibility index (Phi) is 3.14. The highest BCUT2D eigenvalue weighted by molar-refractivity contribution is 5.85. The van der Waals surface area contributed by atoms with Crippen LogP contribution in [-0.2, 0) is 0 Å². The van der Waals surface area contributed by atoms with Crippen molar-refractivity contribution in [2.75, 3.05) is 6.61 Å². The molecule has 1 rings (SSSR count). The van der Waals surface area contributed by atoms with Gasteiger partial charge in [0.2, 0.25) is 0 Å². The lowest BCUT2D eigenvalue weighted by Gasteiger charge is -2.08. The van der Waals surface area contributed by atoms with E-state index in [0.29, 0.717) is 11.3 Å². The highest BCUT2D eigenvalue weighted by Crippen LogP contribution is 2.52. The molecule has 0 spiro atoms. The number of rotatable bonds is 2. The van der Waals surface area contributed by atoms with Gasteiger partial charge in [-0.15, -0.1) is 12.4 Å². The van der Waals surface area contributed by atoms with Gasteiger partial charge in [0.15, 0.2) is 0 Å². The average Bonchev–Trinajstić information content (AvgIpc) is 2.38. The fourth-order valence-electron chi connectivity index (χ4n) is 1.37. The summed E-state index contributed by atoms with van der Waals surface area (Å²) in [6, 6.07) is 0.0139. The van der Waals surface area contributed by atoms with Gasteiger partial charge in [-0.05, 0) is 17.8 Å². The van der Waals surface area contributed by atoms with Crippen molar-refractivity contribution in [1.29, 1.82) is 0 Å². The van der Waals surface area contributed by atoms with Crippen molar-refractivity contribution >= 4 is 12.4 Å². The third-order valence-electron chi connectivity index (χ3n) is 2.32. The first-order valence-corrected chi connectivity index (χ1v) is 3.44. The van der Waals surface area contributed by atoms with Crippen LogP contribution in [0, 0.1) is 11.3 Å². The molecular weight excluding hydrogens is 150 g/mol. The lowest BCUT2D eigenvalue weighted by Crippen LogP contribution is -2.28. The number of halogens is 1. The molecule has 0 radical (unpaired) electrons. The average molecular weight is 166 g/mol. The third kappa shape index (κ3) is 1.84. The summed E-state index contributed by atoms with van der Waals surface area (Å²) in [6.45, 7) is 4.51. The number of hydrogen-bond donors (Lipinski definition) is 2. The van der Waals surface area contributed by atoms with E-state index in [4.69, 9.17) is 10.8 Å². The van der Waals surface area contributed by atoms with Crippen LogP contribution in [0.25, 0.3) is 0 Å². The van der Waals surface area contributed by atoms with Crippen molar-refractivity contribution in [3.8, 4) is 0 Å². The number of aliphatic hydroxyl groups excluding tert-OH is 1. The number of nitrogens with two attached hydrogens (primary N) is 1. The minimum absolute atomic E-state index is 0. The Balaban J connectivity index is 0.000000810. The molecule has 2 atom stereocenters.